The predicted octanol–water partition coefficient (Wildman–Crippen LogP) is 0.221. The fourth-order valence-corrected chi connectivity index (χ4v) is 1.29. The predicted molar refractivity (Wildman–Crippen MR) is 52.0 cm³/mol. The third kappa shape index (κ3) is 2.41. The summed E-state index contributed by atoms with van der Waals surface area (Å²) >= 11 is 0. The summed E-state index contributed by atoms with van der Waals surface area (Å²) < 4.78 is 28.5. The van der Waals surface area contributed by atoms with E-state index in [4.69, 9.17) is 0 Å². The molecular formula is C9H9F2N5O. The van der Waals surface area contributed by atoms with Gasteiger partial charge in [-0.05, 0) is 22.6 Å². The van der Waals surface area contributed by atoms with Crippen molar-refractivity contribution in [3.05, 3.63) is 36.4 Å². The van der Waals surface area contributed by atoms with Gasteiger partial charge in [0.2, 0.25) is 0 Å². The number of halogens is 2. The number of tetrazole rings is 1. The van der Waals surface area contributed by atoms with Gasteiger partial charge in [0, 0.05) is 6.20 Å². The molecule has 2 rings (SSSR count). The Morgan fingerprint density at radius 1 is 1.41 bits per heavy atom. The second-order valence-corrected chi connectivity index (χ2v) is 3.39. The van der Waals surface area contributed by atoms with Gasteiger partial charge in [-0.1, -0.05) is 6.07 Å². The molecule has 8 heteroatoms. The summed E-state index contributed by atoms with van der Waals surface area (Å²) in [4.78, 5) is 3.53. The Balaban J connectivity index is 2.15. The van der Waals surface area contributed by atoms with Crippen molar-refractivity contribution < 1.29 is 13.9 Å². The van der Waals surface area contributed by atoms with Crippen molar-refractivity contribution in [2.75, 3.05) is 0 Å². The van der Waals surface area contributed by atoms with Gasteiger partial charge in [-0.2, -0.15) is 8.78 Å². The fourth-order valence-electron chi connectivity index (χ4n) is 1.29. The molecule has 2 aromatic heterocycles. The van der Waals surface area contributed by atoms with E-state index in [0.29, 0.717) is 0 Å². The van der Waals surface area contributed by atoms with E-state index in [1.165, 1.54) is 18.3 Å². The highest BCUT2D eigenvalue weighted by atomic mass is 19.3. The number of aliphatic hydroxyl groups is 1. The molecule has 1 atom stereocenters. The van der Waals surface area contributed by atoms with Gasteiger partial charge in [-0.25, -0.2) is 4.68 Å². The first-order valence-electron chi connectivity index (χ1n) is 4.79. The maximum absolute atomic E-state index is 13.7. The number of pyridine rings is 1. The van der Waals surface area contributed by atoms with Crippen LogP contribution in [0.3, 0.4) is 0 Å². The third-order valence-corrected chi connectivity index (χ3v) is 2.18. The van der Waals surface area contributed by atoms with Crippen LogP contribution < -0.4 is 0 Å². The number of aromatic nitrogens is 5. The van der Waals surface area contributed by atoms with Crippen LogP contribution in [-0.4, -0.2) is 36.4 Å². The van der Waals surface area contributed by atoms with Crippen LogP contribution >= 0.6 is 0 Å². The molecule has 0 fully saturated rings. The molecule has 0 bridgehead atoms. The van der Waals surface area contributed by atoms with Crippen LogP contribution in [-0.2, 0) is 12.5 Å². The lowest BCUT2D eigenvalue weighted by atomic mass is 10.1. The van der Waals surface area contributed by atoms with Gasteiger partial charge >= 0.3 is 5.92 Å². The zero-order chi connectivity index (χ0) is 12.3. The average Bonchev–Trinajstić information content (AvgIpc) is 2.83. The van der Waals surface area contributed by atoms with Crippen molar-refractivity contribution in [2.24, 2.45) is 0 Å². The van der Waals surface area contributed by atoms with Crippen molar-refractivity contribution in [1.82, 2.24) is 25.2 Å². The smallest absolute Gasteiger partial charge is 0.316 e. The monoisotopic (exact) mass is 241 g/mol. The van der Waals surface area contributed by atoms with Gasteiger partial charge < -0.3 is 5.11 Å². The molecule has 0 aromatic carbocycles. The summed E-state index contributed by atoms with van der Waals surface area (Å²) in [7, 11) is 0. The van der Waals surface area contributed by atoms with Crippen LogP contribution in [0.25, 0.3) is 0 Å². The van der Waals surface area contributed by atoms with Crippen LogP contribution in [0.4, 0.5) is 8.78 Å². The molecule has 0 radical (unpaired) electrons. The lowest BCUT2D eigenvalue weighted by molar-refractivity contribution is -0.124. The molecule has 90 valence electrons. The molecule has 0 saturated carbocycles. The number of rotatable bonds is 4. The summed E-state index contributed by atoms with van der Waals surface area (Å²) in [5, 5.41) is 19.5. The Bertz CT molecular complexity index is 462. The van der Waals surface area contributed by atoms with E-state index < -0.39 is 24.3 Å². The lowest BCUT2D eigenvalue weighted by Crippen LogP contribution is -2.35. The summed E-state index contributed by atoms with van der Waals surface area (Å²) in [6, 6.07) is 4.11. The summed E-state index contributed by atoms with van der Waals surface area (Å²) in [5.74, 6) is -3.45. The first-order chi connectivity index (χ1) is 8.10. The number of nitrogens with zero attached hydrogens (tertiary/aromatic N) is 5. The molecule has 0 aliphatic rings. The van der Waals surface area contributed by atoms with E-state index >= 15 is 0 Å². The molecule has 0 aliphatic heterocycles. The van der Waals surface area contributed by atoms with E-state index in [0.717, 1.165) is 17.1 Å². The molecule has 17 heavy (non-hydrogen) atoms. The lowest BCUT2D eigenvalue weighted by Gasteiger charge is -2.21. The normalized spacial score (nSPS) is 13.6. The van der Waals surface area contributed by atoms with E-state index in [1.807, 2.05) is 0 Å². The van der Waals surface area contributed by atoms with E-state index in [-0.39, 0.29) is 0 Å². The highest BCUT2D eigenvalue weighted by molar-refractivity contribution is 5.11. The molecule has 0 saturated heterocycles. The highest BCUT2D eigenvalue weighted by Crippen LogP contribution is 2.30. The van der Waals surface area contributed by atoms with Gasteiger partial charge in [0.15, 0.2) is 0 Å². The first-order valence-corrected chi connectivity index (χ1v) is 4.79. The fraction of sp³-hybridized carbons (Fsp3) is 0.333. The number of alkyl halides is 2. The minimum Gasteiger partial charge on any atom is -0.384 e. The van der Waals surface area contributed by atoms with Crippen molar-refractivity contribution in [3.63, 3.8) is 0 Å². The number of hydrogen-bond acceptors (Lipinski definition) is 5. The molecule has 2 aromatic rings. The topological polar surface area (TPSA) is 76.7 Å². The standard InChI is InChI=1S/C9H9F2N5O/c10-9(11,7-3-1-2-4-12-7)8(17)5-16-6-13-14-15-16/h1-4,6,8,17H,5H2. The SMILES string of the molecule is OC(Cn1cnnn1)C(F)(F)c1ccccn1. The number of hydrogen-bond donors (Lipinski definition) is 1. The molecule has 6 nitrogen and oxygen atoms in total. The van der Waals surface area contributed by atoms with Gasteiger partial charge in [0.05, 0.1) is 6.54 Å². The van der Waals surface area contributed by atoms with E-state index in [1.54, 1.807) is 0 Å². The molecule has 0 spiro atoms. The summed E-state index contributed by atoms with van der Waals surface area (Å²) in [5.41, 5.74) is -0.486. The van der Waals surface area contributed by atoms with Crippen molar-refractivity contribution in [1.29, 1.82) is 0 Å². The zero-order valence-electron chi connectivity index (χ0n) is 8.61. The largest absolute Gasteiger partial charge is 0.384 e. The minimum absolute atomic E-state index is 0.406. The molecule has 0 aliphatic carbocycles. The molecule has 1 N–H and O–H groups in total. The van der Waals surface area contributed by atoms with Crippen molar-refractivity contribution in [3.8, 4) is 0 Å². The van der Waals surface area contributed by atoms with Crippen molar-refractivity contribution >= 4 is 0 Å². The maximum atomic E-state index is 13.7. The van der Waals surface area contributed by atoms with E-state index in [9.17, 15) is 13.9 Å². The van der Waals surface area contributed by atoms with Gasteiger partial charge in [0.1, 0.15) is 18.1 Å². The molecule has 1 unspecified atom stereocenters. The molecule has 2 heterocycles. The highest BCUT2D eigenvalue weighted by Gasteiger charge is 2.42. The minimum atomic E-state index is -3.45. The van der Waals surface area contributed by atoms with Crippen molar-refractivity contribution in [2.45, 2.75) is 18.6 Å². The third-order valence-electron chi connectivity index (χ3n) is 2.18. The Hall–Kier alpha value is -1.96. The second kappa shape index (κ2) is 4.50. The Kier molecular flexibility index (Phi) is 3.05. The van der Waals surface area contributed by atoms with Crippen LogP contribution in [0.15, 0.2) is 30.7 Å². The second-order valence-electron chi connectivity index (χ2n) is 3.39. The van der Waals surface area contributed by atoms with Crippen LogP contribution in [0, 0.1) is 0 Å². The van der Waals surface area contributed by atoms with Gasteiger partial charge in [-0.15, -0.1) is 5.10 Å². The first kappa shape index (κ1) is 11.5. The zero-order valence-corrected chi connectivity index (χ0v) is 8.61. The van der Waals surface area contributed by atoms with Crippen LogP contribution in [0.2, 0.25) is 0 Å². The summed E-state index contributed by atoms with van der Waals surface area (Å²) in [6.45, 7) is -0.406. The van der Waals surface area contributed by atoms with Gasteiger partial charge in [-0.3, -0.25) is 4.98 Å². The number of aliphatic hydroxyl groups excluding tert-OH is 1. The Labute approximate surface area is 94.9 Å². The Morgan fingerprint density at radius 3 is 2.82 bits per heavy atom. The van der Waals surface area contributed by atoms with Gasteiger partial charge in [0.25, 0.3) is 0 Å². The van der Waals surface area contributed by atoms with Crippen LogP contribution in [0.5, 0.6) is 0 Å². The Morgan fingerprint density at radius 2 is 2.24 bits per heavy atom. The average molecular weight is 241 g/mol. The maximum Gasteiger partial charge on any atom is 0.316 e. The van der Waals surface area contributed by atoms with Crippen LogP contribution in [0.1, 0.15) is 5.69 Å². The summed E-state index contributed by atoms with van der Waals surface area (Å²) in [6.07, 6.45) is 0.450. The van der Waals surface area contributed by atoms with E-state index in [2.05, 4.69) is 20.5 Å². The molecular weight excluding hydrogens is 232 g/mol. The quantitative estimate of drug-likeness (QED) is 0.828. The molecule has 0 amide bonds.